The summed E-state index contributed by atoms with van der Waals surface area (Å²) in [6.07, 6.45) is 1.57. The number of nitrogens with zero attached hydrogens (tertiary/aromatic N) is 1. The number of amides is 1. The Kier molecular flexibility index (Phi) is 5.35. The molecule has 1 N–H and O–H groups in total. The van der Waals surface area contributed by atoms with E-state index in [0.29, 0.717) is 11.6 Å². The summed E-state index contributed by atoms with van der Waals surface area (Å²) in [7, 11) is 0. The van der Waals surface area contributed by atoms with Crippen molar-refractivity contribution in [3.63, 3.8) is 0 Å². The van der Waals surface area contributed by atoms with E-state index < -0.39 is 0 Å². The van der Waals surface area contributed by atoms with Gasteiger partial charge in [-0.05, 0) is 47.5 Å². The van der Waals surface area contributed by atoms with Gasteiger partial charge in [0.25, 0.3) is 0 Å². The molecule has 0 heterocycles. The van der Waals surface area contributed by atoms with Gasteiger partial charge < -0.3 is 4.74 Å². The largest absolute Gasteiger partial charge is 0.489 e. The third kappa shape index (κ3) is 5.28. The molecule has 0 radical (unpaired) electrons. The fourth-order valence-corrected chi connectivity index (χ4v) is 1.85. The van der Waals surface area contributed by atoms with Gasteiger partial charge in [0.1, 0.15) is 12.4 Å². The van der Waals surface area contributed by atoms with E-state index in [1.54, 1.807) is 6.21 Å². The average Bonchev–Trinajstić information content (AvgIpc) is 2.46. The second-order valence-corrected chi connectivity index (χ2v) is 4.85. The van der Waals surface area contributed by atoms with Crippen molar-refractivity contribution in [1.82, 2.24) is 5.43 Å². The van der Waals surface area contributed by atoms with Crippen LogP contribution in [0.5, 0.6) is 5.75 Å². The molecule has 0 saturated heterocycles. The number of ether oxygens (including phenoxy) is 1. The highest BCUT2D eigenvalue weighted by molar-refractivity contribution is 6.30. The molecular weight excluding hydrogens is 288 g/mol. The Labute approximate surface area is 128 Å². The van der Waals surface area contributed by atoms with E-state index in [4.69, 9.17) is 16.3 Å². The standard InChI is InChI=1S/C16H15ClN2O2/c1-12(20)19-18-10-13-5-7-16(8-6-13)21-11-14-3-2-4-15(17)9-14/h2-10H,11H2,1H3,(H,19,20)/b18-10-. The van der Waals surface area contributed by atoms with E-state index in [2.05, 4.69) is 10.5 Å². The van der Waals surface area contributed by atoms with Gasteiger partial charge in [0, 0.05) is 11.9 Å². The molecule has 2 aromatic rings. The lowest BCUT2D eigenvalue weighted by molar-refractivity contribution is -0.118. The zero-order valence-electron chi connectivity index (χ0n) is 11.5. The number of carbonyl (C=O) groups excluding carboxylic acids is 1. The summed E-state index contributed by atoms with van der Waals surface area (Å²) in [4.78, 5) is 10.7. The monoisotopic (exact) mass is 302 g/mol. The second-order valence-electron chi connectivity index (χ2n) is 4.41. The molecule has 108 valence electrons. The van der Waals surface area contributed by atoms with Crippen molar-refractivity contribution in [2.45, 2.75) is 13.5 Å². The van der Waals surface area contributed by atoms with Crippen LogP contribution in [0.15, 0.2) is 53.6 Å². The lowest BCUT2D eigenvalue weighted by Gasteiger charge is -2.06. The molecule has 21 heavy (non-hydrogen) atoms. The van der Waals surface area contributed by atoms with Crippen molar-refractivity contribution < 1.29 is 9.53 Å². The average molecular weight is 303 g/mol. The molecule has 0 spiro atoms. The number of carbonyl (C=O) groups is 1. The van der Waals surface area contributed by atoms with E-state index in [-0.39, 0.29) is 5.91 Å². The van der Waals surface area contributed by atoms with Crippen LogP contribution in [0.4, 0.5) is 0 Å². The third-order valence-corrected chi connectivity index (χ3v) is 2.85. The van der Waals surface area contributed by atoms with Gasteiger partial charge in [-0.15, -0.1) is 0 Å². The zero-order chi connectivity index (χ0) is 15.1. The Morgan fingerprint density at radius 1 is 1.29 bits per heavy atom. The molecule has 2 aromatic carbocycles. The second kappa shape index (κ2) is 7.45. The Bertz CT molecular complexity index is 639. The van der Waals surface area contributed by atoms with Gasteiger partial charge in [-0.2, -0.15) is 5.10 Å². The third-order valence-electron chi connectivity index (χ3n) is 2.61. The molecule has 0 unspecified atom stereocenters. The van der Waals surface area contributed by atoms with Crippen LogP contribution in [0, 0.1) is 0 Å². The Balaban J connectivity index is 1.90. The summed E-state index contributed by atoms with van der Waals surface area (Å²) in [5, 5.41) is 4.49. The summed E-state index contributed by atoms with van der Waals surface area (Å²) in [5.74, 6) is 0.555. The number of hydrazone groups is 1. The maximum Gasteiger partial charge on any atom is 0.236 e. The number of rotatable bonds is 5. The first-order valence-electron chi connectivity index (χ1n) is 6.40. The van der Waals surface area contributed by atoms with Crippen molar-refractivity contribution in [3.05, 3.63) is 64.7 Å². The number of hydrogen-bond acceptors (Lipinski definition) is 3. The summed E-state index contributed by atoms with van der Waals surface area (Å²) in [5.41, 5.74) is 4.23. The van der Waals surface area contributed by atoms with E-state index in [1.165, 1.54) is 6.92 Å². The maximum atomic E-state index is 10.7. The molecule has 0 aliphatic carbocycles. The number of nitrogens with one attached hydrogen (secondary N) is 1. The molecule has 0 fully saturated rings. The van der Waals surface area contributed by atoms with Crippen LogP contribution >= 0.6 is 11.6 Å². The maximum absolute atomic E-state index is 10.7. The van der Waals surface area contributed by atoms with Crippen molar-refractivity contribution in [2.24, 2.45) is 5.10 Å². The number of hydrogen-bond donors (Lipinski definition) is 1. The highest BCUT2D eigenvalue weighted by Crippen LogP contribution is 2.15. The van der Waals surface area contributed by atoms with Gasteiger partial charge in [0.15, 0.2) is 0 Å². The first-order chi connectivity index (χ1) is 10.1. The summed E-state index contributed by atoms with van der Waals surface area (Å²) in [6, 6.07) is 15.0. The zero-order valence-corrected chi connectivity index (χ0v) is 12.3. The summed E-state index contributed by atoms with van der Waals surface area (Å²) >= 11 is 5.92. The quantitative estimate of drug-likeness (QED) is 0.680. The minimum absolute atomic E-state index is 0.201. The first-order valence-corrected chi connectivity index (χ1v) is 6.78. The van der Waals surface area contributed by atoms with Gasteiger partial charge in [-0.25, -0.2) is 5.43 Å². The van der Waals surface area contributed by atoms with Crippen LogP contribution in [0.25, 0.3) is 0 Å². The predicted octanol–water partition coefficient (Wildman–Crippen LogP) is 3.39. The lowest BCUT2D eigenvalue weighted by atomic mass is 10.2. The Morgan fingerprint density at radius 3 is 2.71 bits per heavy atom. The molecular formula is C16H15ClN2O2. The van der Waals surface area contributed by atoms with Gasteiger partial charge >= 0.3 is 0 Å². The highest BCUT2D eigenvalue weighted by atomic mass is 35.5. The van der Waals surface area contributed by atoms with Crippen molar-refractivity contribution in [1.29, 1.82) is 0 Å². The van der Waals surface area contributed by atoms with Crippen molar-refractivity contribution in [2.75, 3.05) is 0 Å². The molecule has 0 aromatic heterocycles. The first kappa shape index (κ1) is 15.1. The van der Waals surface area contributed by atoms with E-state index in [0.717, 1.165) is 16.9 Å². The van der Waals surface area contributed by atoms with Crippen LogP contribution < -0.4 is 10.2 Å². The van der Waals surface area contributed by atoms with E-state index in [1.807, 2.05) is 48.5 Å². The van der Waals surface area contributed by atoms with Crippen LogP contribution in [-0.2, 0) is 11.4 Å². The number of halogens is 1. The van der Waals surface area contributed by atoms with Crippen LogP contribution in [0.3, 0.4) is 0 Å². The fraction of sp³-hybridized carbons (Fsp3) is 0.125. The van der Waals surface area contributed by atoms with Gasteiger partial charge in [0.05, 0.1) is 6.21 Å². The van der Waals surface area contributed by atoms with Crippen LogP contribution in [0.1, 0.15) is 18.1 Å². The van der Waals surface area contributed by atoms with E-state index >= 15 is 0 Å². The normalized spacial score (nSPS) is 10.6. The van der Waals surface area contributed by atoms with E-state index in [9.17, 15) is 4.79 Å². The minimum atomic E-state index is -0.201. The molecule has 5 heteroatoms. The Morgan fingerprint density at radius 2 is 2.05 bits per heavy atom. The molecule has 0 aliphatic rings. The smallest absolute Gasteiger partial charge is 0.236 e. The molecule has 4 nitrogen and oxygen atoms in total. The molecule has 1 amide bonds. The summed E-state index contributed by atoms with van der Waals surface area (Å²) in [6.45, 7) is 1.87. The summed E-state index contributed by atoms with van der Waals surface area (Å²) < 4.78 is 5.67. The van der Waals surface area contributed by atoms with Crippen LogP contribution in [-0.4, -0.2) is 12.1 Å². The molecule has 0 bridgehead atoms. The van der Waals surface area contributed by atoms with Gasteiger partial charge in [0.2, 0.25) is 5.91 Å². The van der Waals surface area contributed by atoms with Crippen molar-refractivity contribution in [3.8, 4) is 5.75 Å². The Hall–Kier alpha value is -2.33. The van der Waals surface area contributed by atoms with Crippen LogP contribution in [0.2, 0.25) is 5.02 Å². The highest BCUT2D eigenvalue weighted by Gasteiger charge is 1.97. The topological polar surface area (TPSA) is 50.7 Å². The van der Waals surface area contributed by atoms with Crippen molar-refractivity contribution >= 4 is 23.7 Å². The molecule has 0 saturated carbocycles. The molecule has 0 atom stereocenters. The number of benzene rings is 2. The lowest BCUT2D eigenvalue weighted by Crippen LogP contribution is -2.12. The predicted molar refractivity (Wildman–Crippen MR) is 83.6 cm³/mol. The minimum Gasteiger partial charge on any atom is -0.489 e. The SMILES string of the molecule is CC(=O)N/N=C\c1ccc(OCc2cccc(Cl)c2)cc1. The molecule has 2 rings (SSSR count). The van der Waals surface area contributed by atoms with Gasteiger partial charge in [-0.3, -0.25) is 4.79 Å². The van der Waals surface area contributed by atoms with Gasteiger partial charge in [-0.1, -0.05) is 23.7 Å². The molecule has 0 aliphatic heterocycles. The fourth-order valence-electron chi connectivity index (χ4n) is 1.64.